The van der Waals surface area contributed by atoms with Crippen molar-refractivity contribution in [1.29, 1.82) is 0 Å². The average molecular weight is 334 g/mol. The first-order chi connectivity index (χ1) is 10.2. The van der Waals surface area contributed by atoms with Gasteiger partial charge in [0, 0.05) is 45.2 Å². The highest BCUT2D eigenvalue weighted by atomic mass is 32.2. The van der Waals surface area contributed by atoms with Gasteiger partial charge in [-0.3, -0.25) is 4.90 Å². The summed E-state index contributed by atoms with van der Waals surface area (Å²) in [7, 11) is -0.561. The Morgan fingerprint density at radius 3 is 2.41 bits per heavy atom. The SMILES string of the molecule is CN(C)S(=O)(=O)CC1CN(Cc2c(F)cccc2F)CC1O. The van der Waals surface area contributed by atoms with Gasteiger partial charge in [-0.1, -0.05) is 6.07 Å². The normalized spacial score (nSPS) is 23.4. The highest BCUT2D eigenvalue weighted by Gasteiger charge is 2.35. The number of aliphatic hydroxyl groups excluding tert-OH is 1. The summed E-state index contributed by atoms with van der Waals surface area (Å²) in [6.45, 7) is 0.484. The van der Waals surface area contributed by atoms with E-state index in [9.17, 15) is 22.3 Å². The monoisotopic (exact) mass is 334 g/mol. The Kier molecular flexibility index (Phi) is 5.16. The number of sulfonamides is 1. The molecule has 124 valence electrons. The van der Waals surface area contributed by atoms with Crippen molar-refractivity contribution >= 4 is 10.0 Å². The first-order valence-electron chi connectivity index (χ1n) is 6.94. The number of nitrogens with zero attached hydrogens (tertiary/aromatic N) is 2. The Morgan fingerprint density at radius 1 is 1.27 bits per heavy atom. The molecule has 0 saturated carbocycles. The lowest BCUT2D eigenvalue weighted by Gasteiger charge is -2.18. The molecule has 1 aliphatic rings. The van der Waals surface area contributed by atoms with Crippen LogP contribution < -0.4 is 0 Å². The molecular weight excluding hydrogens is 314 g/mol. The Labute approximate surface area is 129 Å². The summed E-state index contributed by atoms with van der Waals surface area (Å²) < 4.78 is 52.2. The third-order valence-corrected chi connectivity index (χ3v) is 5.87. The largest absolute Gasteiger partial charge is 0.391 e. The highest BCUT2D eigenvalue weighted by Crippen LogP contribution is 2.23. The van der Waals surface area contributed by atoms with E-state index in [1.807, 2.05) is 0 Å². The van der Waals surface area contributed by atoms with Crippen molar-refractivity contribution in [2.75, 3.05) is 32.9 Å². The molecule has 0 spiro atoms. The van der Waals surface area contributed by atoms with E-state index in [-0.39, 0.29) is 31.0 Å². The van der Waals surface area contributed by atoms with Crippen LogP contribution in [0.4, 0.5) is 8.78 Å². The number of aliphatic hydroxyl groups is 1. The molecule has 1 fully saturated rings. The summed E-state index contributed by atoms with van der Waals surface area (Å²) in [5, 5.41) is 10.0. The molecule has 1 aromatic carbocycles. The van der Waals surface area contributed by atoms with Gasteiger partial charge in [-0.25, -0.2) is 21.5 Å². The highest BCUT2D eigenvalue weighted by molar-refractivity contribution is 7.89. The molecule has 5 nitrogen and oxygen atoms in total. The molecule has 0 bridgehead atoms. The molecule has 2 rings (SSSR count). The first kappa shape index (κ1) is 17.3. The molecular formula is C14H20F2N2O3S. The van der Waals surface area contributed by atoms with Gasteiger partial charge in [-0.15, -0.1) is 0 Å². The van der Waals surface area contributed by atoms with Crippen molar-refractivity contribution in [3.63, 3.8) is 0 Å². The van der Waals surface area contributed by atoms with E-state index in [1.54, 1.807) is 4.90 Å². The molecule has 0 aromatic heterocycles. The second kappa shape index (κ2) is 6.57. The molecule has 1 aromatic rings. The zero-order valence-electron chi connectivity index (χ0n) is 12.5. The lowest BCUT2D eigenvalue weighted by molar-refractivity contribution is 0.147. The number of hydrogen-bond donors (Lipinski definition) is 1. The molecule has 22 heavy (non-hydrogen) atoms. The van der Waals surface area contributed by atoms with Crippen molar-refractivity contribution in [3.05, 3.63) is 35.4 Å². The standard InChI is InChI=1S/C14H20F2N2O3S/c1-17(2)22(20,21)9-10-6-18(8-14(10)19)7-11-12(15)4-3-5-13(11)16/h3-5,10,14,19H,6-9H2,1-2H3. The third kappa shape index (κ3) is 3.81. The van der Waals surface area contributed by atoms with Crippen LogP contribution in [-0.2, 0) is 16.6 Å². The first-order valence-corrected chi connectivity index (χ1v) is 8.55. The third-order valence-electron chi connectivity index (χ3n) is 3.91. The number of hydrogen-bond acceptors (Lipinski definition) is 4. The fourth-order valence-corrected chi connectivity index (χ4v) is 3.73. The van der Waals surface area contributed by atoms with Gasteiger partial charge >= 0.3 is 0 Å². The van der Waals surface area contributed by atoms with Crippen LogP contribution in [0.15, 0.2) is 18.2 Å². The number of halogens is 2. The number of benzene rings is 1. The predicted molar refractivity (Wildman–Crippen MR) is 78.6 cm³/mol. The Balaban J connectivity index is 2.05. The quantitative estimate of drug-likeness (QED) is 0.859. The van der Waals surface area contributed by atoms with Gasteiger partial charge in [0.25, 0.3) is 0 Å². The number of rotatable bonds is 5. The molecule has 2 unspecified atom stereocenters. The maximum Gasteiger partial charge on any atom is 0.214 e. The van der Waals surface area contributed by atoms with Gasteiger partial charge in [0.15, 0.2) is 0 Å². The van der Waals surface area contributed by atoms with Crippen LogP contribution in [0.5, 0.6) is 0 Å². The Morgan fingerprint density at radius 2 is 1.86 bits per heavy atom. The molecule has 0 amide bonds. The van der Waals surface area contributed by atoms with Gasteiger partial charge in [0.2, 0.25) is 10.0 Å². The van der Waals surface area contributed by atoms with Gasteiger partial charge in [-0.2, -0.15) is 0 Å². The van der Waals surface area contributed by atoms with Crippen LogP contribution in [0.25, 0.3) is 0 Å². The second-order valence-corrected chi connectivity index (χ2v) is 8.01. The van der Waals surface area contributed by atoms with Gasteiger partial charge < -0.3 is 5.11 Å². The molecule has 0 radical (unpaired) electrons. The molecule has 1 aliphatic heterocycles. The summed E-state index contributed by atoms with van der Waals surface area (Å²) in [6, 6.07) is 3.65. The minimum absolute atomic E-state index is 0.00801. The lowest BCUT2D eigenvalue weighted by atomic mass is 10.1. The van der Waals surface area contributed by atoms with Crippen LogP contribution in [0.1, 0.15) is 5.56 Å². The van der Waals surface area contributed by atoms with E-state index < -0.39 is 33.7 Å². The van der Waals surface area contributed by atoms with Crippen molar-refractivity contribution in [3.8, 4) is 0 Å². The predicted octanol–water partition coefficient (Wildman–Crippen LogP) is 0.649. The fraction of sp³-hybridized carbons (Fsp3) is 0.571. The van der Waals surface area contributed by atoms with Crippen molar-refractivity contribution in [1.82, 2.24) is 9.21 Å². The summed E-state index contributed by atoms with van der Waals surface area (Å²) in [4.78, 5) is 1.67. The molecule has 2 atom stereocenters. The van der Waals surface area contributed by atoms with Crippen molar-refractivity contribution in [2.24, 2.45) is 5.92 Å². The molecule has 1 N–H and O–H groups in total. The molecule has 1 heterocycles. The Hall–Kier alpha value is -1.09. The topological polar surface area (TPSA) is 60.9 Å². The van der Waals surface area contributed by atoms with Crippen LogP contribution >= 0.6 is 0 Å². The lowest BCUT2D eigenvalue weighted by Crippen LogP contribution is -2.33. The second-order valence-electron chi connectivity index (χ2n) is 5.78. The van der Waals surface area contributed by atoms with Crippen LogP contribution in [0.2, 0.25) is 0 Å². The zero-order valence-corrected chi connectivity index (χ0v) is 13.4. The van der Waals surface area contributed by atoms with E-state index in [2.05, 4.69) is 0 Å². The van der Waals surface area contributed by atoms with E-state index in [0.717, 1.165) is 4.31 Å². The summed E-state index contributed by atoms with van der Waals surface area (Å²) >= 11 is 0. The number of likely N-dealkylation sites (tertiary alicyclic amines) is 1. The average Bonchev–Trinajstić information content (AvgIpc) is 2.74. The van der Waals surface area contributed by atoms with E-state index in [4.69, 9.17) is 0 Å². The van der Waals surface area contributed by atoms with Gasteiger partial charge in [0.05, 0.1) is 11.9 Å². The Bertz CT molecular complexity index is 617. The van der Waals surface area contributed by atoms with Gasteiger partial charge in [0.1, 0.15) is 11.6 Å². The molecule has 8 heteroatoms. The van der Waals surface area contributed by atoms with Crippen molar-refractivity contribution < 1.29 is 22.3 Å². The molecule has 0 aliphatic carbocycles. The van der Waals surface area contributed by atoms with E-state index >= 15 is 0 Å². The van der Waals surface area contributed by atoms with Gasteiger partial charge in [-0.05, 0) is 12.1 Å². The van der Waals surface area contributed by atoms with E-state index in [0.29, 0.717) is 0 Å². The van der Waals surface area contributed by atoms with Crippen LogP contribution in [0.3, 0.4) is 0 Å². The maximum absolute atomic E-state index is 13.6. The summed E-state index contributed by atoms with van der Waals surface area (Å²) in [5.41, 5.74) is -0.0641. The minimum atomic E-state index is -3.43. The number of β-amino-alcohol motifs (C(OH)–C–C–N with tert-alkyl or cyclic N) is 1. The summed E-state index contributed by atoms with van der Waals surface area (Å²) in [5.74, 6) is -1.93. The fourth-order valence-electron chi connectivity index (χ4n) is 2.56. The smallest absolute Gasteiger partial charge is 0.214 e. The van der Waals surface area contributed by atoms with Crippen LogP contribution in [-0.4, -0.2) is 61.8 Å². The summed E-state index contributed by atoms with van der Waals surface area (Å²) in [6.07, 6.45) is -0.829. The minimum Gasteiger partial charge on any atom is -0.391 e. The molecule has 1 saturated heterocycles. The van der Waals surface area contributed by atoms with Crippen LogP contribution in [0, 0.1) is 17.6 Å². The van der Waals surface area contributed by atoms with E-state index in [1.165, 1.54) is 32.3 Å². The zero-order chi connectivity index (χ0) is 16.5. The maximum atomic E-state index is 13.6. The van der Waals surface area contributed by atoms with Crippen molar-refractivity contribution in [2.45, 2.75) is 12.6 Å².